The van der Waals surface area contributed by atoms with Crippen molar-refractivity contribution in [2.75, 3.05) is 0 Å². The molecule has 1 aromatic rings. The first-order valence-corrected chi connectivity index (χ1v) is 4.74. The third kappa shape index (κ3) is 3.16. The molecule has 0 fully saturated rings. The Balaban J connectivity index is 2.90. The predicted molar refractivity (Wildman–Crippen MR) is 60.6 cm³/mol. The fraction of sp³-hybridized carbons (Fsp3) is 0.364. The van der Waals surface area contributed by atoms with Gasteiger partial charge in [0.1, 0.15) is 6.33 Å². The van der Waals surface area contributed by atoms with Crippen LogP contribution in [-0.4, -0.2) is 15.7 Å². The highest BCUT2D eigenvalue weighted by atomic mass is 14.8. The van der Waals surface area contributed by atoms with Crippen LogP contribution in [-0.2, 0) is 0 Å². The summed E-state index contributed by atoms with van der Waals surface area (Å²) in [5.41, 5.74) is 7.30. The van der Waals surface area contributed by atoms with Gasteiger partial charge in [-0.3, -0.25) is 5.41 Å². The Morgan fingerprint density at radius 3 is 2.60 bits per heavy atom. The summed E-state index contributed by atoms with van der Waals surface area (Å²) >= 11 is 0. The second kappa shape index (κ2) is 4.21. The van der Waals surface area contributed by atoms with Crippen molar-refractivity contribution in [3.8, 4) is 0 Å². The number of allylic oxidation sites excluding steroid dienone is 2. The van der Waals surface area contributed by atoms with Crippen molar-refractivity contribution in [3.63, 3.8) is 0 Å². The highest BCUT2D eigenvalue weighted by molar-refractivity contribution is 6.05. The largest absolute Gasteiger partial charge is 0.402 e. The van der Waals surface area contributed by atoms with Gasteiger partial charge in [-0.2, -0.15) is 0 Å². The molecule has 0 unspecified atom stereocenters. The summed E-state index contributed by atoms with van der Waals surface area (Å²) in [5, 5.41) is 7.79. The van der Waals surface area contributed by atoms with Gasteiger partial charge in [0.15, 0.2) is 0 Å². The fourth-order valence-corrected chi connectivity index (χ4v) is 0.896. The van der Waals surface area contributed by atoms with Gasteiger partial charge in [-0.25, -0.2) is 9.97 Å². The van der Waals surface area contributed by atoms with Crippen LogP contribution >= 0.6 is 0 Å². The molecule has 1 aromatic heterocycles. The maximum Gasteiger partial charge on any atom is 0.116 e. The van der Waals surface area contributed by atoms with Crippen molar-refractivity contribution in [3.05, 3.63) is 36.1 Å². The normalized spacial score (nSPS) is 12.6. The van der Waals surface area contributed by atoms with Gasteiger partial charge in [0.25, 0.3) is 0 Å². The molecule has 3 N–H and O–H groups in total. The average Bonchev–Trinajstić information content (AvgIpc) is 2.17. The van der Waals surface area contributed by atoms with E-state index in [4.69, 9.17) is 11.1 Å². The first-order valence-electron chi connectivity index (χ1n) is 4.74. The molecule has 0 saturated carbocycles. The summed E-state index contributed by atoms with van der Waals surface area (Å²) in [6.45, 7) is 6.02. The number of nitrogens with zero attached hydrogens (tertiary/aromatic N) is 2. The minimum Gasteiger partial charge on any atom is -0.402 e. The molecule has 0 aromatic carbocycles. The minimum absolute atomic E-state index is 0.126. The molecule has 0 atom stereocenters. The molecular weight excluding hydrogens is 188 g/mol. The summed E-state index contributed by atoms with van der Waals surface area (Å²) < 4.78 is 0. The van der Waals surface area contributed by atoms with Crippen LogP contribution in [0.3, 0.4) is 0 Å². The molecule has 1 heterocycles. The van der Waals surface area contributed by atoms with Gasteiger partial charge in [0, 0.05) is 17.3 Å². The summed E-state index contributed by atoms with van der Waals surface area (Å²) in [5.74, 6) is 0. The van der Waals surface area contributed by atoms with E-state index < -0.39 is 0 Å². The van der Waals surface area contributed by atoms with Crippen molar-refractivity contribution >= 4 is 5.71 Å². The molecule has 0 saturated heterocycles. The lowest BCUT2D eigenvalue weighted by Gasteiger charge is -2.18. The number of rotatable bonds is 2. The number of hydrogen-bond acceptors (Lipinski definition) is 4. The third-order valence-corrected chi connectivity index (χ3v) is 2.02. The Hall–Kier alpha value is -1.71. The fourth-order valence-electron chi connectivity index (χ4n) is 0.896. The molecule has 4 heteroatoms. The predicted octanol–water partition coefficient (Wildman–Crippen LogP) is 1.73. The van der Waals surface area contributed by atoms with E-state index in [1.165, 1.54) is 6.33 Å². The van der Waals surface area contributed by atoms with Crippen molar-refractivity contribution in [2.24, 2.45) is 11.1 Å². The number of aromatic nitrogens is 2. The van der Waals surface area contributed by atoms with Crippen LogP contribution in [0.1, 0.15) is 26.5 Å². The maximum atomic E-state index is 7.79. The first kappa shape index (κ1) is 11.4. The van der Waals surface area contributed by atoms with E-state index >= 15 is 0 Å². The van der Waals surface area contributed by atoms with Crippen LogP contribution in [0.25, 0.3) is 0 Å². The Kier molecular flexibility index (Phi) is 3.19. The Morgan fingerprint density at radius 2 is 2.13 bits per heavy atom. The summed E-state index contributed by atoms with van der Waals surface area (Å²) in [7, 11) is 0. The van der Waals surface area contributed by atoms with Gasteiger partial charge in [0.05, 0.1) is 11.4 Å². The lowest BCUT2D eigenvalue weighted by atomic mass is 9.91. The van der Waals surface area contributed by atoms with Crippen LogP contribution in [0.15, 0.2) is 30.4 Å². The van der Waals surface area contributed by atoms with E-state index in [1.807, 2.05) is 20.8 Å². The van der Waals surface area contributed by atoms with Crippen molar-refractivity contribution in [1.82, 2.24) is 9.97 Å². The average molecular weight is 204 g/mol. The van der Waals surface area contributed by atoms with E-state index in [9.17, 15) is 0 Å². The second-order valence-corrected chi connectivity index (χ2v) is 4.36. The zero-order valence-corrected chi connectivity index (χ0v) is 9.28. The van der Waals surface area contributed by atoms with Crippen LogP contribution in [0.4, 0.5) is 0 Å². The van der Waals surface area contributed by atoms with Crippen molar-refractivity contribution < 1.29 is 0 Å². The molecule has 0 radical (unpaired) electrons. The molecule has 0 amide bonds. The van der Waals surface area contributed by atoms with E-state index in [1.54, 1.807) is 18.3 Å². The number of nitrogens with one attached hydrogen (secondary N) is 1. The molecule has 0 spiro atoms. The first-order chi connectivity index (χ1) is 6.91. The van der Waals surface area contributed by atoms with Gasteiger partial charge in [0.2, 0.25) is 0 Å². The van der Waals surface area contributed by atoms with Crippen LogP contribution in [0, 0.1) is 10.8 Å². The van der Waals surface area contributed by atoms with E-state index in [2.05, 4.69) is 9.97 Å². The monoisotopic (exact) mass is 204 g/mol. The molecule has 0 aliphatic rings. The smallest absolute Gasteiger partial charge is 0.116 e. The summed E-state index contributed by atoms with van der Waals surface area (Å²) in [4.78, 5) is 7.77. The van der Waals surface area contributed by atoms with Crippen molar-refractivity contribution in [2.45, 2.75) is 20.8 Å². The molecule has 0 bridgehead atoms. The number of hydrogen-bond donors (Lipinski definition) is 2. The second-order valence-electron chi connectivity index (χ2n) is 4.36. The van der Waals surface area contributed by atoms with Gasteiger partial charge < -0.3 is 5.73 Å². The Labute approximate surface area is 89.8 Å². The SMILES string of the molecule is CC(C)(C)C(N)=CC(=N)c1ccncn1. The molecular formula is C11H16N4. The van der Waals surface area contributed by atoms with E-state index in [0.29, 0.717) is 17.1 Å². The van der Waals surface area contributed by atoms with Crippen LogP contribution < -0.4 is 5.73 Å². The molecule has 4 nitrogen and oxygen atoms in total. The maximum absolute atomic E-state index is 7.79. The van der Waals surface area contributed by atoms with E-state index in [0.717, 1.165) is 0 Å². The van der Waals surface area contributed by atoms with Gasteiger partial charge in [-0.05, 0) is 12.1 Å². The molecule has 80 valence electrons. The lowest BCUT2D eigenvalue weighted by molar-refractivity contribution is 0.498. The highest BCUT2D eigenvalue weighted by Gasteiger charge is 2.14. The van der Waals surface area contributed by atoms with E-state index in [-0.39, 0.29) is 5.41 Å². The zero-order valence-electron chi connectivity index (χ0n) is 9.28. The quantitative estimate of drug-likeness (QED) is 0.720. The van der Waals surface area contributed by atoms with Crippen LogP contribution in [0.5, 0.6) is 0 Å². The minimum atomic E-state index is -0.126. The van der Waals surface area contributed by atoms with Crippen molar-refractivity contribution in [1.29, 1.82) is 5.41 Å². The standard InChI is InChI=1S/C11H16N4/c1-11(2,3)10(13)6-8(12)9-4-5-14-7-15-9/h4-7,12H,13H2,1-3H3. The Bertz CT molecular complexity index is 373. The Morgan fingerprint density at radius 1 is 1.47 bits per heavy atom. The molecule has 0 aliphatic carbocycles. The molecule has 1 rings (SSSR count). The van der Waals surface area contributed by atoms with Crippen LogP contribution in [0.2, 0.25) is 0 Å². The molecule has 0 aliphatic heterocycles. The van der Waals surface area contributed by atoms with Gasteiger partial charge in [-0.15, -0.1) is 0 Å². The topological polar surface area (TPSA) is 75.7 Å². The zero-order chi connectivity index (χ0) is 11.5. The third-order valence-electron chi connectivity index (χ3n) is 2.02. The highest BCUT2D eigenvalue weighted by Crippen LogP contribution is 2.20. The van der Waals surface area contributed by atoms with Gasteiger partial charge in [-0.1, -0.05) is 20.8 Å². The lowest BCUT2D eigenvalue weighted by Crippen LogP contribution is -2.18. The summed E-state index contributed by atoms with van der Waals surface area (Å²) in [6, 6.07) is 1.69. The molecule has 15 heavy (non-hydrogen) atoms. The summed E-state index contributed by atoms with van der Waals surface area (Å²) in [6.07, 6.45) is 4.67. The van der Waals surface area contributed by atoms with Gasteiger partial charge >= 0.3 is 0 Å². The number of nitrogens with two attached hydrogens (primary N) is 1.